The fourth-order valence-corrected chi connectivity index (χ4v) is 4.31. The number of carbonyl (C=O) groups is 2. The number of nitrogens with zero attached hydrogens (tertiary/aromatic N) is 1. The van der Waals surface area contributed by atoms with Crippen molar-refractivity contribution in [3.05, 3.63) is 64.2 Å². The number of piperazine rings is 1. The summed E-state index contributed by atoms with van der Waals surface area (Å²) in [7, 11) is 0. The Bertz CT molecular complexity index is 903. The molecule has 2 N–H and O–H groups in total. The molecule has 29 heavy (non-hydrogen) atoms. The molecule has 1 saturated heterocycles. The number of anilines is 1. The van der Waals surface area contributed by atoms with Gasteiger partial charge in [0.2, 0.25) is 11.8 Å². The highest BCUT2D eigenvalue weighted by molar-refractivity contribution is 6.31. The summed E-state index contributed by atoms with van der Waals surface area (Å²) in [5, 5.41) is 6.92. The van der Waals surface area contributed by atoms with Gasteiger partial charge in [-0.1, -0.05) is 41.9 Å². The summed E-state index contributed by atoms with van der Waals surface area (Å²) < 4.78 is 0. The molecule has 4 rings (SSSR count). The van der Waals surface area contributed by atoms with Crippen molar-refractivity contribution < 1.29 is 9.59 Å². The van der Waals surface area contributed by atoms with Crippen LogP contribution in [0, 0.1) is 0 Å². The van der Waals surface area contributed by atoms with E-state index < -0.39 is 0 Å². The number of aryl methyl sites for hydroxylation is 1. The van der Waals surface area contributed by atoms with Gasteiger partial charge in [0.15, 0.2) is 0 Å². The standard InChI is InChI=1S/C22H24ClN3O2.ClH/c23-18-6-2-1-5-17(18)20-14-24-10-11-26(20)22(28)7-3-4-15-8-9-19-16(12-15)13-21(27)25-19;/h1-2,5-6,8-9,12,20,24H,3-4,7,10-11,13-14H2,(H,25,27);1H. The van der Waals surface area contributed by atoms with Crippen molar-refractivity contribution >= 4 is 41.5 Å². The minimum atomic E-state index is -0.0213. The average Bonchev–Trinajstić information content (AvgIpc) is 3.07. The minimum absolute atomic E-state index is 0. The number of halogens is 2. The zero-order chi connectivity index (χ0) is 19.5. The highest BCUT2D eigenvalue weighted by Gasteiger charge is 2.28. The molecule has 0 saturated carbocycles. The van der Waals surface area contributed by atoms with E-state index in [2.05, 4.69) is 16.7 Å². The van der Waals surface area contributed by atoms with E-state index in [-0.39, 0.29) is 30.3 Å². The van der Waals surface area contributed by atoms with Crippen LogP contribution in [-0.4, -0.2) is 36.3 Å². The maximum atomic E-state index is 12.9. The number of nitrogens with one attached hydrogen (secondary N) is 2. The molecular weight excluding hydrogens is 409 g/mol. The Balaban J connectivity index is 0.00000240. The molecule has 0 bridgehead atoms. The molecule has 2 aliphatic rings. The molecule has 0 spiro atoms. The first kappa shape index (κ1) is 21.6. The van der Waals surface area contributed by atoms with Crippen LogP contribution in [0.4, 0.5) is 5.69 Å². The third-order valence-corrected chi connectivity index (χ3v) is 5.82. The van der Waals surface area contributed by atoms with Crippen molar-refractivity contribution in [2.45, 2.75) is 31.7 Å². The van der Waals surface area contributed by atoms with Crippen LogP contribution in [0.2, 0.25) is 5.02 Å². The largest absolute Gasteiger partial charge is 0.333 e. The van der Waals surface area contributed by atoms with Gasteiger partial charge in [0.1, 0.15) is 0 Å². The molecule has 1 unspecified atom stereocenters. The number of rotatable bonds is 5. The molecule has 2 aromatic rings. The first-order valence-electron chi connectivity index (χ1n) is 9.78. The van der Waals surface area contributed by atoms with E-state index in [0.717, 1.165) is 42.7 Å². The molecule has 2 aromatic carbocycles. The number of amides is 2. The van der Waals surface area contributed by atoms with Gasteiger partial charge in [-0.25, -0.2) is 0 Å². The SMILES string of the molecule is Cl.O=C1Cc2cc(CCCC(=O)N3CCNCC3c3ccccc3Cl)ccc2N1. The first-order valence-corrected chi connectivity index (χ1v) is 10.2. The Morgan fingerprint density at radius 2 is 2.03 bits per heavy atom. The van der Waals surface area contributed by atoms with Gasteiger partial charge in [-0.05, 0) is 41.7 Å². The van der Waals surface area contributed by atoms with E-state index >= 15 is 0 Å². The van der Waals surface area contributed by atoms with Gasteiger partial charge in [0.05, 0.1) is 12.5 Å². The molecule has 154 valence electrons. The van der Waals surface area contributed by atoms with E-state index in [4.69, 9.17) is 11.6 Å². The van der Waals surface area contributed by atoms with Crippen LogP contribution in [0.3, 0.4) is 0 Å². The normalized spacial score (nSPS) is 18.0. The Morgan fingerprint density at radius 3 is 2.86 bits per heavy atom. The topological polar surface area (TPSA) is 61.4 Å². The lowest BCUT2D eigenvalue weighted by molar-refractivity contribution is -0.134. The molecule has 0 radical (unpaired) electrons. The third-order valence-electron chi connectivity index (χ3n) is 5.48. The van der Waals surface area contributed by atoms with Crippen LogP contribution >= 0.6 is 24.0 Å². The van der Waals surface area contributed by atoms with Crippen LogP contribution in [0.5, 0.6) is 0 Å². The molecule has 0 aromatic heterocycles. The summed E-state index contributed by atoms with van der Waals surface area (Å²) in [5.41, 5.74) is 4.13. The third kappa shape index (κ3) is 4.92. The molecule has 7 heteroatoms. The highest BCUT2D eigenvalue weighted by Crippen LogP contribution is 2.29. The van der Waals surface area contributed by atoms with Crippen LogP contribution in [0.15, 0.2) is 42.5 Å². The molecule has 1 fully saturated rings. The Morgan fingerprint density at radius 1 is 1.21 bits per heavy atom. The van der Waals surface area contributed by atoms with E-state index in [1.807, 2.05) is 41.3 Å². The molecular formula is C22H25Cl2N3O2. The smallest absolute Gasteiger partial charge is 0.228 e. The number of fused-ring (bicyclic) bond motifs is 1. The van der Waals surface area contributed by atoms with Gasteiger partial charge in [-0.3, -0.25) is 9.59 Å². The van der Waals surface area contributed by atoms with Crippen molar-refractivity contribution in [2.75, 3.05) is 25.0 Å². The minimum Gasteiger partial charge on any atom is -0.333 e. The number of benzene rings is 2. The van der Waals surface area contributed by atoms with Gasteiger partial charge < -0.3 is 15.5 Å². The monoisotopic (exact) mass is 433 g/mol. The molecule has 2 amide bonds. The van der Waals surface area contributed by atoms with Crippen molar-refractivity contribution in [3.63, 3.8) is 0 Å². The number of carbonyl (C=O) groups excluding carboxylic acids is 2. The average molecular weight is 434 g/mol. The summed E-state index contributed by atoms with van der Waals surface area (Å²) in [4.78, 5) is 26.4. The van der Waals surface area contributed by atoms with Gasteiger partial charge in [0, 0.05) is 36.8 Å². The maximum absolute atomic E-state index is 12.9. The van der Waals surface area contributed by atoms with E-state index in [1.165, 1.54) is 5.56 Å². The molecule has 2 heterocycles. The first-order chi connectivity index (χ1) is 13.6. The van der Waals surface area contributed by atoms with Gasteiger partial charge in [-0.2, -0.15) is 0 Å². The zero-order valence-electron chi connectivity index (χ0n) is 16.1. The molecule has 0 aliphatic carbocycles. The van der Waals surface area contributed by atoms with Crippen molar-refractivity contribution in [1.82, 2.24) is 10.2 Å². The second-order valence-electron chi connectivity index (χ2n) is 7.40. The summed E-state index contributed by atoms with van der Waals surface area (Å²) in [6.45, 7) is 2.22. The number of hydrogen-bond donors (Lipinski definition) is 2. The molecule has 5 nitrogen and oxygen atoms in total. The lowest BCUT2D eigenvalue weighted by atomic mass is 10.0. The number of hydrogen-bond acceptors (Lipinski definition) is 3. The van der Waals surface area contributed by atoms with Crippen molar-refractivity contribution in [3.8, 4) is 0 Å². The lowest BCUT2D eigenvalue weighted by Gasteiger charge is -2.37. The fourth-order valence-electron chi connectivity index (χ4n) is 4.05. The lowest BCUT2D eigenvalue weighted by Crippen LogP contribution is -2.48. The zero-order valence-corrected chi connectivity index (χ0v) is 17.7. The van der Waals surface area contributed by atoms with Gasteiger partial charge >= 0.3 is 0 Å². The summed E-state index contributed by atoms with van der Waals surface area (Å²) in [5.74, 6) is 0.219. The fraction of sp³-hybridized carbons (Fsp3) is 0.364. The second kappa shape index (κ2) is 9.61. The maximum Gasteiger partial charge on any atom is 0.228 e. The van der Waals surface area contributed by atoms with Gasteiger partial charge in [0.25, 0.3) is 0 Å². The summed E-state index contributed by atoms with van der Waals surface area (Å²) in [6.07, 6.45) is 2.58. The Hall–Kier alpha value is -2.08. The predicted octanol–water partition coefficient (Wildman–Crippen LogP) is 3.75. The van der Waals surface area contributed by atoms with Crippen LogP contribution in [-0.2, 0) is 22.4 Å². The van der Waals surface area contributed by atoms with Crippen molar-refractivity contribution in [2.24, 2.45) is 0 Å². The highest BCUT2D eigenvalue weighted by atomic mass is 35.5. The van der Waals surface area contributed by atoms with Crippen LogP contribution in [0.25, 0.3) is 0 Å². The summed E-state index contributed by atoms with van der Waals surface area (Å²) >= 11 is 6.37. The van der Waals surface area contributed by atoms with E-state index in [9.17, 15) is 9.59 Å². The summed E-state index contributed by atoms with van der Waals surface area (Å²) in [6, 6.07) is 13.8. The van der Waals surface area contributed by atoms with Crippen LogP contribution in [0.1, 0.15) is 35.6 Å². The van der Waals surface area contributed by atoms with Gasteiger partial charge in [-0.15, -0.1) is 12.4 Å². The predicted molar refractivity (Wildman–Crippen MR) is 118 cm³/mol. The molecule has 1 atom stereocenters. The van der Waals surface area contributed by atoms with E-state index in [0.29, 0.717) is 24.4 Å². The quantitative estimate of drug-likeness (QED) is 0.754. The van der Waals surface area contributed by atoms with Crippen molar-refractivity contribution in [1.29, 1.82) is 0 Å². The second-order valence-corrected chi connectivity index (χ2v) is 7.81. The Kier molecular flexibility index (Phi) is 7.17. The van der Waals surface area contributed by atoms with E-state index in [1.54, 1.807) is 0 Å². The Labute approximate surface area is 182 Å². The molecule has 2 aliphatic heterocycles. The van der Waals surface area contributed by atoms with Crippen LogP contribution < -0.4 is 10.6 Å².